The zero-order valence-electron chi connectivity index (χ0n) is 14.8. The van der Waals surface area contributed by atoms with Crippen LogP contribution in [0, 0.1) is 11.8 Å². The Hall–Kier alpha value is -1.26. The molecule has 5 heteroatoms. The van der Waals surface area contributed by atoms with Crippen LogP contribution < -0.4 is 10.6 Å². The minimum Gasteiger partial charge on any atom is -0.444 e. The summed E-state index contributed by atoms with van der Waals surface area (Å²) in [7, 11) is 0. The van der Waals surface area contributed by atoms with Gasteiger partial charge in [0.15, 0.2) is 0 Å². The summed E-state index contributed by atoms with van der Waals surface area (Å²) in [5, 5.41) is 7.04. The van der Waals surface area contributed by atoms with Crippen LogP contribution in [-0.4, -0.2) is 24.8 Å². The Labute approximate surface area is 144 Å². The zero-order chi connectivity index (χ0) is 17.5. The highest BCUT2D eigenvalue weighted by molar-refractivity contribution is 6.30. The second kappa shape index (κ2) is 9.14. The molecule has 0 saturated carbocycles. The molecule has 4 nitrogen and oxygen atoms in total. The summed E-state index contributed by atoms with van der Waals surface area (Å²) >= 11 is 5.88. The van der Waals surface area contributed by atoms with Crippen LogP contribution in [-0.2, 0) is 11.3 Å². The van der Waals surface area contributed by atoms with Crippen LogP contribution in [0.2, 0.25) is 5.02 Å². The van der Waals surface area contributed by atoms with E-state index >= 15 is 0 Å². The van der Waals surface area contributed by atoms with Crippen molar-refractivity contribution in [3.8, 4) is 0 Å². The average Bonchev–Trinajstić information content (AvgIpc) is 2.42. The normalized spacial score (nSPS) is 13.0. The Kier molecular flexibility index (Phi) is 7.86. The van der Waals surface area contributed by atoms with Crippen molar-refractivity contribution in [1.82, 2.24) is 10.6 Å². The fraction of sp³-hybridized carbons (Fsp3) is 0.611. The highest BCUT2D eigenvalue weighted by Gasteiger charge is 2.18. The van der Waals surface area contributed by atoms with E-state index in [1.54, 1.807) is 0 Å². The van der Waals surface area contributed by atoms with Gasteiger partial charge in [-0.05, 0) is 50.3 Å². The lowest BCUT2D eigenvalue weighted by atomic mass is 9.95. The van der Waals surface area contributed by atoms with Crippen molar-refractivity contribution < 1.29 is 9.53 Å². The van der Waals surface area contributed by atoms with Crippen LogP contribution in [0.3, 0.4) is 0 Å². The van der Waals surface area contributed by atoms with E-state index in [0.29, 0.717) is 18.4 Å². The molecule has 1 aromatic rings. The molecule has 1 atom stereocenters. The first-order valence-corrected chi connectivity index (χ1v) is 8.47. The number of benzene rings is 1. The molecule has 0 saturated heterocycles. The largest absolute Gasteiger partial charge is 0.444 e. The Bertz CT molecular complexity index is 481. The van der Waals surface area contributed by atoms with E-state index in [4.69, 9.17) is 16.3 Å². The van der Waals surface area contributed by atoms with Crippen LogP contribution in [0.4, 0.5) is 4.79 Å². The highest BCUT2D eigenvalue weighted by atomic mass is 35.5. The topological polar surface area (TPSA) is 50.4 Å². The maximum Gasteiger partial charge on any atom is 0.407 e. The lowest BCUT2D eigenvalue weighted by Crippen LogP contribution is -2.39. The van der Waals surface area contributed by atoms with Gasteiger partial charge in [-0.25, -0.2) is 4.79 Å². The van der Waals surface area contributed by atoms with E-state index in [0.717, 1.165) is 18.1 Å². The highest BCUT2D eigenvalue weighted by Crippen LogP contribution is 2.12. The average molecular weight is 341 g/mol. The third-order valence-corrected chi connectivity index (χ3v) is 3.75. The van der Waals surface area contributed by atoms with Crippen LogP contribution in [0.1, 0.15) is 40.2 Å². The second-order valence-corrected chi connectivity index (χ2v) is 7.58. The molecule has 0 radical (unpaired) electrons. The quantitative estimate of drug-likeness (QED) is 0.781. The number of carbonyl (C=O) groups excluding carboxylic acids is 1. The van der Waals surface area contributed by atoms with Crippen molar-refractivity contribution in [1.29, 1.82) is 0 Å². The van der Waals surface area contributed by atoms with E-state index < -0.39 is 5.60 Å². The van der Waals surface area contributed by atoms with Gasteiger partial charge in [0, 0.05) is 24.7 Å². The van der Waals surface area contributed by atoms with Crippen LogP contribution in [0.15, 0.2) is 24.3 Å². The van der Waals surface area contributed by atoms with Gasteiger partial charge in [-0.1, -0.05) is 37.6 Å². The Morgan fingerprint density at radius 3 is 2.30 bits per heavy atom. The monoisotopic (exact) mass is 340 g/mol. The molecule has 0 aliphatic rings. The number of rotatable bonds is 7. The van der Waals surface area contributed by atoms with Gasteiger partial charge in [-0.15, -0.1) is 0 Å². The van der Waals surface area contributed by atoms with Crippen molar-refractivity contribution >= 4 is 17.7 Å². The third-order valence-electron chi connectivity index (χ3n) is 3.50. The minimum absolute atomic E-state index is 0.342. The van der Waals surface area contributed by atoms with Gasteiger partial charge in [0.1, 0.15) is 5.60 Å². The molecule has 0 heterocycles. The maximum absolute atomic E-state index is 11.7. The summed E-state index contributed by atoms with van der Waals surface area (Å²) in [6.45, 7) is 12.1. The van der Waals surface area contributed by atoms with Gasteiger partial charge in [0.25, 0.3) is 0 Å². The van der Waals surface area contributed by atoms with Gasteiger partial charge in [0.2, 0.25) is 0 Å². The SMILES string of the molecule is CC(C)C(CNCc1ccc(Cl)cc1)CNC(=O)OC(C)(C)C. The predicted octanol–water partition coefficient (Wildman–Crippen LogP) is 4.23. The van der Waals surface area contributed by atoms with Gasteiger partial charge >= 0.3 is 6.09 Å². The number of alkyl carbamates (subject to hydrolysis) is 1. The van der Waals surface area contributed by atoms with E-state index in [2.05, 4.69) is 24.5 Å². The minimum atomic E-state index is -0.468. The number of hydrogen-bond donors (Lipinski definition) is 2. The molecule has 1 unspecified atom stereocenters. The third kappa shape index (κ3) is 8.82. The van der Waals surface area contributed by atoms with Gasteiger partial charge < -0.3 is 15.4 Å². The summed E-state index contributed by atoms with van der Waals surface area (Å²) in [5.74, 6) is 0.803. The van der Waals surface area contributed by atoms with Gasteiger partial charge in [-0.2, -0.15) is 0 Å². The molecule has 0 aromatic heterocycles. The molecule has 23 heavy (non-hydrogen) atoms. The molecule has 1 rings (SSSR count). The summed E-state index contributed by atoms with van der Waals surface area (Å²) in [5.41, 5.74) is 0.724. The van der Waals surface area contributed by atoms with E-state index in [1.165, 1.54) is 5.56 Å². The number of ether oxygens (including phenoxy) is 1. The van der Waals surface area contributed by atoms with Crippen molar-refractivity contribution in [3.63, 3.8) is 0 Å². The first kappa shape index (κ1) is 19.8. The number of nitrogens with one attached hydrogen (secondary N) is 2. The molecular weight excluding hydrogens is 312 g/mol. The van der Waals surface area contributed by atoms with Crippen LogP contribution in [0.25, 0.3) is 0 Å². The number of hydrogen-bond acceptors (Lipinski definition) is 3. The molecule has 0 fully saturated rings. The molecule has 0 bridgehead atoms. The Morgan fingerprint density at radius 2 is 1.78 bits per heavy atom. The molecular formula is C18H29ClN2O2. The fourth-order valence-corrected chi connectivity index (χ4v) is 2.20. The summed E-state index contributed by atoms with van der Waals surface area (Å²) in [4.78, 5) is 11.7. The summed E-state index contributed by atoms with van der Waals surface area (Å²) in [6.07, 6.45) is -0.360. The standard InChI is InChI=1S/C18H29ClN2O2/c1-13(2)15(12-21-17(22)23-18(3,4)5)11-20-10-14-6-8-16(19)9-7-14/h6-9,13,15,20H,10-12H2,1-5H3,(H,21,22). The Morgan fingerprint density at radius 1 is 1.17 bits per heavy atom. The number of carbonyl (C=O) groups is 1. The molecule has 1 amide bonds. The smallest absolute Gasteiger partial charge is 0.407 e. The van der Waals surface area contributed by atoms with Crippen molar-refractivity contribution in [3.05, 3.63) is 34.9 Å². The summed E-state index contributed by atoms with van der Waals surface area (Å²) < 4.78 is 5.27. The van der Waals surface area contributed by atoms with Crippen molar-refractivity contribution in [2.75, 3.05) is 13.1 Å². The lowest BCUT2D eigenvalue weighted by molar-refractivity contribution is 0.0515. The van der Waals surface area contributed by atoms with Crippen molar-refractivity contribution in [2.24, 2.45) is 11.8 Å². The first-order valence-electron chi connectivity index (χ1n) is 8.09. The molecule has 1 aromatic carbocycles. The molecule has 130 valence electrons. The fourth-order valence-electron chi connectivity index (χ4n) is 2.08. The molecule has 0 aliphatic carbocycles. The second-order valence-electron chi connectivity index (χ2n) is 7.14. The van der Waals surface area contributed by atoms with Gasteiger partial charge in [0.05, 0.1) is 0 Å². The predicted molar refractivity (Wildman–Crippen MR) is 95.7 cm³/mol. The van der Waals surface area contributed by atoms with E-state index in [-0.39, 0.29) is 6.09 Å². The number of amides is 1. The molecule has 2 N–H and O–H groups in total. The molecule has 0 aliphatic heterocycles. The maximum atomic E-state index is 11.7. The van der Waals surface area contributed by atoms with E-state index in [9.17, 15) is 4.79 Å². The van der Waals surface area contributed by atoms with Crippen LogP contribution >= 0.6 is 11.6 Å². The van der Waals surface area contributed by atoms with Gasteiger partial charge in [-0.3, -0.25) is 0 Å². The first-order chi connectivity index (χ1) is 10.7. The number of halogens is 1. The van der Waals surface area contributed by atoms with Crippen LogP contribution in [0.5, 0.6) is 0 Å². The summed E-state index contributed by atoms with van der Waals surface area (Å²) in [6, 6.07) is 7.81. The van der Waals surface area contributed by atoms with E-state index in [1.807, 2.05) is 45.0 Å². The molecule has 0 spiro atoms. The zero-order valence-corrected chi connectivity index (χ0v) is 15.5. The Balaban J connectivity index is 2.37. The van der Waals surface area contributed by atoms with Crippen molar-refractivity contribution in [2.45, 2.75) is 46.8 Å². The lowest BCUT2D eigenvalue weighted by Gasteiger charge is -2.24.